The Hall–Kier alpha value is -1.00. The predicted octanol–water partition coefficient (Wildman–Crippen LogP) is 1.11. The number of carbonyl (C=O) groups excluding carboxylic acids is 1. The van der Waals surface area contributed by atoms with Crippen LogP contribution in [0.4, 0.5) is 0 Å². The average molecular weight is 242 g/mol. The lowest BCUT2D eigenvalue weighted by molar-refractivity contribution is 0.0646. The monoisotopic (exact) mass is 241 g/mol. The Balaban J connectivity index is 2.21. The Morgan fingerprint density at radius 2 is 2.38 bits per heavy atom. The summed E-state index contributed by atoms with van der Waals surface area (Å²) in [4.78, 5) is 14.2. The summed E-state index contributed by atoms with van der Waals surface area (Å²) in [6.45, 7) is 4.51. The van der Waals surface area contributed by atoms with Crippen LogP contribution in [0.3, 0.4) is 0 Å². The van der Waals surface area contributed by atoms with Crippen LogP contribution in [0.5, 0.6) is 0 Å². The van der Waals surface area contributed by atoms with E-state index >= 15 is 0 Å². The van der Waals surface area contributed by atoms with Gasteiger partial charge in [-0.25, -0.2) is 0 Å². The first-order chi connectivity index (χ1) is 7.59. The summed E-state index contributed by atoms with van der Waals surface area (Å²) < 4.78 is 1.78. The van der Waals surface area contributed by atoms with Crippen molar-refractivity contribution in [3.8, 4) is 0 Å². The quantitative estimate of drug-likeness (QED) is 0.800. The lowest BCUT2D eigenvalue weighted by atomic mass is 10.2. The van der Waals surface area contributed by atoms with E-state index in [1.165, 1.54) is 0 Å². The Kier molecular flexibility index (Phi) is 3.21. The molecule has 1 atom stereocenters. The number of nitrogens with zero attached hydrogens (tertiary/aromatic N) is 2. The Labute approximate surface area is 100 Å². The molecule has 1 amide bonds. The fraction of sp³-hybridized carbons (Fsp3) is 0.545. The van der Waals surface area contributed by atoms with Gasteiger partial charge in [-0.05, 0) is 13.0 Å². The number of hydrogen-bond donors (Lipinski definition) is 1. The molecule has 5 heteroatoms. The van der Waals surface area contributed by atoms with Crippen LogP contribution in [0.2, 0.25) is 5.02 Å². The molecule has 1 aromatic rings. The van der Waals surface area contributed by atoms with E-state index in [9.17, 15) is 4.79 Å². The van der Waals surface area contributed by atoms with Crippen LogP contribution in [0.1, 0.15) is 17.4 Å². The number of halogens is 1. The van der Waals surface area contributed by atoms with E-state index in [1.807, 2.05) is 11.9 Å². The number of nitrogens with one attached hydrogen (secondary N) is 1. The van der Waals surface area contributed by atoms with Gasteiger partial charge in [0.15, 0.2) is 0 Å². The van der Waals surface area contributed by atoms with Gasteiger partial charge in [-0.2, -0.15) is 0 Å². The molecular weight excluding hydrogens is 226 g/mol. The van der Waals surface area contributed by atoms with Gasteiger partial charge < -0.3 is 14.8 Å². The molecule has 1 N–H and O–H groups in total. The van der Waals surface area contributed by atoms with Gasteiger partial charge in [0.25, 0.3) is 5.91 Å². The van der Waals surface area contributed by atoms with Crippen molar-refractivity contribution in [1.29, 1.82) is 0 Å². The summed E-state index contributed by atoms with van der Waals surface area (Å²) in [5.41, 5.74) is 0.652. The van der Waals surface area contributed by atoms with Crippen LogP contribution < -0.4 is 5.32 Å². The van der Waals surface area contributed by atoms with Crippen LogP contribution in [-0.4, -0.2) is 41.1 Å². The molecule has 0 aromatic carbocycles. The smallest absolute Gasteiger partial charge is 0.270 e. The van der Waals surface area contributed by atoms with Crippen molar-refractivity contribution in [2.24, 2.45) is 7.05 Å². The second kappa shape index (κ2) is 4.47. The lowest BCUT2D eigenvalue weighted by Gasteiger charge is -2.34. The van der Waals surface area contributed by atoms with Crippen LogP contribution >= 0.6 is 11.6 Å². The van der Waals surface area contributed by atoms with Crippen molar-refractivity contribution >= 4 is 17.5 Å². The molecule has 1 aliphatic heterocycles. The highest BCUT2D eigenvalue weighted by Crippen LogP contribution is 2.16. The van der Waals surface area contributed by atoms with Gasteiger partial charge in [-0.3, -0.25) is 4.79 Å². The molecule has 16 heavy (non-hydrogen) atoms. The standard InChI is InChI=1S/C11H16ClN3O/c1-8-6-13-3-4-15(8)11(16)10-5-9(12)7-14(10)2/h5,7-8,13H,3-4,6H2,1-2H3/t8-/m0/s1. The molecule has 0 radical (unpaired) electrons. The highest BCUT2D eigenvalue weighted by atomic mass is 35.5. The first-order valence-electron chi connectivity index (χ1n) is 5.43. The number of amides is 1. The van der Waals surface area contributed by atoms with E-state index in [2.05, 4.69) is 12.2 Å². The maximum atomic E-state index is 12.3. The SMILES string of the molecule is C[C@H]1CNCCN1C(=O)c1cc(Cl)cn1C. The molecule has 2 heterocycles. The molecule has 1 aromatic heterocycles. The van der Waals surface area contributed by atoms with E-state index < -0.39 is 0 Å². The minimum Gasteiger partial charge on any atom is -0.345 e. The molecule has 1 aliphatic rings. The molecule has 0 spiro atoms. The second-order valence-corrected chi connectivity index (χ2v) is 4.64. The first kappa shape index (κ1) is 11.5. The third-order valence-corrected chi connectivity index (χ3v) is 3.16. The molecule has 1 fully saturated rings. The van der Waals surface area contributed by atoms with E-state index in [1.54, 1.807) is 16.8 Å². The van der Waals surface area contributed by atoms with Gasteiger partial charge in [-0.1, -0.05) is 11.6 Å². The van der Waals surface area contributed by atoms with Gasteiger partial charge in [0.2, 0.25) is 0 Å². The van der Waals surface area contributed by atoms with Crippen LogP contribution in [0.15, 0.2) is 12.3 Å². The molecule has 0 unspecified atom stereocenters. The van der Waals surface area contributed by atoms with Crippen molar-refractivity contribution in [2.75, 3.05) is 19.6 Å². The summed E-state index contributed by atoms with van der Waals surface area (Å²) in [5.74, 6) is 0.0587. The molecule has 0 aliphatic carbocycles. The minimum atomic E-state index is 0.0587. The highest BCUT2D eigenvalue weighted by Gasteiger charge is 2.25. The van der Waals surface area contributed by atoms with Crippen LogP contribution in [-0.2, 0) is 7.05 Å². The number of rotatable bonds is 1. The molecular formula is C11H16ClN3O. The Bertz CT molecular complexity index is 402. The van der Waals surface area contributed by atoms with Crippen molar-refractivity contribution < 1.29 is 4.79 Å². The van der Waals surface area contributed by atoms with E-state index in [0.29, 0.717) is 10.7 Å². The average Bonchev–Trinajstić information content (AvgIpc) is 2.58. The molecule has 2 rings (SSSR count). The number of piperazine rings is 1. The number of hydrogen-bond acceptors (Lipinski definition) is 2. The Morgan fingerprint density at radius 1 is 1.62 bits per heavy atom. The van der Waals surface area contributed by atoms with Gasteiger partial charge in [0.05, 0.1) is 5.02 Å². The van der Waals surface area contributed by atoms with Gasteiger partial charge in [0.1, 0.15) is 5.69 Å². The fourth-order valence-electron chi connectivity index (χ4n) is 2.03. The zero-order valence-corrected chi connectivity index (χ0v) is 10.3. The first-order valence-corrected chi connectivity index (χ1v) is 5.81. The normalized spacial score (nSPS) is 21.2. The second-order valence-electron chi connectivity index (χ2n) is 4.21. The van der Waals surface area contributed by atoms with E-state index in [0.717, 1.165) is 19.6 Å². The largest absolute Gasteiger partial charge is 0.345 e. The number of aryl methyl sites for hydroxylation is 1. The summed E-state index contributed by atoms with van der Waals surface area (Å²) in [7, 11) is 1.84. The number of aromatic nitrogens is 1. The van der Waals surface area contributed by atoms with Crippen molar-refractivity contribution in [3.63, 3.8) is 0 Å². The number of carbonyl (C=O) groups is 1. The van der Waals surface area contributed by atoms with Crippen molar-refractivity contribution in [1.82, 2.24) is 14.8 Å². The highest BCUT2D eigenvalue weighted by molar-refractivity contribution is 6.31. The van der Waals surface area contributed by atoms with Crippen LogP contribution in [0.25, 0.3) is 0 Å². The van der Waals surface area contributed by atoms with Gasteiger partial charge >= 0.3 is 0 Å². The summed E-state index contributed by atoms with van der Waals surface area (Å²) in [6.07, 6.45) is 1.75. The molecule has 4 nitrogen and oxygen atoms in total. The summed E-state index contributed by atoms with van der Waals surface area (Å²) >= 11 is 5.88. The third-order valence-electron chi connectivity index (χ3n) is 2.95. The molecule has 0 bridgehead atoms. The molecule has 0 saturated carbocycles. The van der Waals surface area contributed by atoms with Gasteiger partial charge in [0, 0.05) is 38.9 Å². The topological polar surface area (TPSA) is 37.3 Å². The third kappa shape index (κ3) is 2.08. The lowest BCUT2D eigenvalue weighted by Crippen LogP contribution is -2.52. The van der Waals surface area contributed by atoms with Gasteiger partial charge in [-0.15, -0.1) is 0 Å². The van der Waals surface area contributed by atoms with E-state index in [-0.39, 0.29) is 11.9 Å². The van der Waals surface area contributed by atoms with E-state index in [4.69, 9.17) is 11.6 Å². The summed E-state index contributed by atoms with van der Waals surface area (Å²) in [5, 5.41) is 3.87. The fourth-order valence-corrected chi connectivity index (χ4v) is 2.28. The predicted molar refractivity (Wildman–Crippen MR) is 63.8 cm³/mol. The zero-order chi connectivity index (χ0) is 11.7. The Morgan fingerprint density at radius 3 is 2.94 bits per heavy atom. The zero-order valence-electron chi connectivity index (χ0n) is 9.53. The summed E-state index contributed by atoms with van der Waals surface area (Å²) in [6, 6.07) is 1.95. The van der Waals surface area contributed by atoms with Crippen molar-refractivity contribution in [3.05, 3.63) is 23.0 Å². The molecule has 1 saturated heterocycles. The van der Waals surface area contributed by atoms with Crippen LogP contribution in [0, 0.1) is 0 Å². The maximum absolute atomic E-state index is 12.3. The maximum Gasteiger partial charge on any atom is 0.270 e. The molecule has 88 valence electrons. The minimum absolute atomic E-state index is 0.0587. The van der Waals surface area contributed by atoms with Crippen molar-refractivity contribution in [2.45, 2.75) is 13.0 Å².